The van der Waals surface area contributed by atoms with Gasteiger partial charge in [0.2, 0.25) is 5.89 Å². The molecule has 102 valence electrons. The average Bonchev–Trinajstić information content (AvgIpc) is 2.84. The molecule has 1 aromatic heterocycles. The van der Waals surface area contributed by atoms with E-state index in [-0.39, 0.29) is 17.6 Å². The highest BCUT2D eigenvalue weighted by Crippen LogP contribution is 2.14. The van der Waals surface area contributed by atoms with Crippen LogP contribution in [0.5, 0.6) is 0 Å². The summed E-state index contributed by atoms with van der Waals surface area (Å²) >= 11 is 0. The van der Waals surface area contributed by atoms with Gasteiger partial charge in [0.15, 0.2) is 5.69 Å². The number of nitrogens with two attached hydrogens (primary N) is 1. The van der Waals surface area contributed by atoms with Gasteiger partial charge >= 0.3 is 0 Å². The fraction of sp³-hybridized carbons (Fsp3) is 0.667. The van der Waals surface area contributed by atoms with Gasteiger partial charge in [0, 0.05) is 20.3 Å². The van der Waals surface area contributed by atoms with Crippen molar-refractivity contribution in [1.29, 1.82) is 0 Å². The molecule has 0 bridgehead atoms. The molecule has 1 amide bonds. The minimum absolute atomic E-state index is 0.245. The van der Waals surface area contributed by atoms with Crippen LogP contribution < -0.4 is 11.1 Å². The molecule has 3 N–H and O–H groups in total. The Bertz CT molecular complexity index is 365. The Balaban J connectivity index is 2.44. The maximum Gasteiger partial charge on any atom is 0.273 e. The Morgan fingerprint density at radius 1 is 1.67 bits per heavy atom. The van der Waals surface area contributed by atoms with Crippen LogP contribution >= 0.6 is 0 Å². The minimum Gasteiger partial charge on any atom is -0.446 e. The number of hydrogen-bond donors (Lipinski definition) is 2. The second kappa shape index (κ2) is 7.84. The molecule has 0 aliphatic rings. The fourth-order valence-electron chi connectivity index (χ4n) is 1.51. The molecular weight excluding hydrogens is 234 g/mol. The molecule has 6 heteroatoms. The summed E-state index contributed by atoms with van der Waals surface area (Å²) in [4.78, 5) is 15.8. The number of oxazole rings is 1. The van der Waals surface area contributed by atoms with Crippen molar-refractivity contribution in [2.75, 3.05) is 20.3 Å². The highest BCUT2D eigenvalue weighted by Gasteiger charge is 2.15. The Morgan fingerprint density at radius 2 is 2.44 bits per heavy atom. The van der Waals surface area contributed by atoms with Crippen molar-refractivity contribution in [2.45, 2.75) is 32.2 Å². The molecular formula is C12H21N3O3. The number of carbonyl (C=O) groups excluding carboxylic acids is 1. The van der Waals surface area contributed by atoms with E-state index in [1.165, 1.54) is 6.26 Å². The zero-order valence-electron chi connectivity index (χ0n) is 10.9. The Kier molecular flexibility index (Phi) is 6.38. The van der Waals surface area contributed by atoms with Crippen molar-refractivity contribution in [3.05, 3.63) is 17.8 Å². The highest BCUT2D eigenvalue weighted by molar-refractivity contribution is 5.91. The van der Waals surface area contributed by atoms with E-state index < -0.39 is 0 Å². The first-order valence-electron chi connectivity index (χ1n) is 6.17. The molecule has 1 atom stereocenters. The quantitative estimate of drug-likeness (QED) is 0.682. The van der Waals surface area contributed by atoms with Gasteiger partial charge in [0.1, 0.15) is 6.26 Å². The van der Waals surface area contributed by atoms with E-state index >= 15 is 0 Å². The molecule has 0 saturated carbocycles. The Hall–Kier alpha value is -1.40. The van der Waals surface area contributed by atoms with Crippen molar-refractivity contribution in [1.82, 2.24) is 10.3 Å². The standard InChI is InChI=1S/C12H21N3O3/c1-3-5-9(13)12-15-10(8-18-12)11(16)14-6-4-7-17-2/h8-9H,3-7,13H2,1-2H3,(H,14,16). The molecule has 0 saturated heterocycles. The lowest BCUT2D eigenvalue weighted by Gasteiger charge is -2.04. The van der Waals surface area contributed by atoms with Crippen LogP contribution in [0.15, 0.2) is 10.7 Å². The SMILES string of the molecule is CCCC(N)c1nc(C(=O)NCCCOC)co1. The summed E-state index contributed by atoms with van der Waals surface area (Å²) in [5, 5.41) is 2.74. The number of carbonyl (C=O) groups is 1. The summed E-state index contributed by atoms with van der Waals surface area (Å²) in [7, 11) is 1.63. The van der Waals surface area contributed by atoms with Crippen LogP contribution in [0, 0.1) is 0 Å². The van der Waals surface area contributed by atoms with Crippen molar-refractivity contribution >= 4 is 5.91 Å². The van der Waals surface area contributed by atoms with Crippen LogP contribution in [0.2, 0.25) is 0 Å². The summed E-state index contributed by atoms with van der Waals surface area (Å²) in [6.45, 7) is 3.20. The number of nitrogens with one attached hydrogen (secondary N) is 1. The van der Waals surface area contributed by atoms with E-state index in [9.17, 15) is 4.79 Å². The van der Waals surface area contributed by atoms with Gasteiger partial charge in [-0.25, -0.2) is 4.98 Å². The van der Waals surface area contributed by atoms with Gasteiger partial charge < -0.3 is 20.2 Å². The molecule has 0 aliphatic heterocycles. The molecule has 6 nitrogen and oxygen atoms in total. The molecule has 1 unspecified atom stereocenters. The predicted molar refractivity (Wildman–Crippen MR) is 67.2 cm³/mol. The second-order valence-electron chi connectivity index (χ2n) is 4.07. The van der Waals surface area contributed by atoms with Crippen molar-refractivity contribution in [2.24, 2.45) is 5.73 Å². The summed E-state index contributed by atoms with van der Waals surface area (Å²) in [5.74, 6) is 0.170. The largest absolute Gasteiger partial charge is 0.446 e. The van der Waals surface area contributed by atoms with Crippen LogP contribution in [0.1, 0.15) is 48.6 Å². The molecule has 0 aromatic carbocycles. The molecule has 0 fully saturated rings. The number of aromatic nitrogens is 1. The number of hydrogen-bond acceptors (Lipinski definition) is 5. The number of rotatable bonds is 8. The first kappa shape index (κ1) is 14.7. The topological polar surface area (TPSA) is 90.4 Å². The lowest BCUT2D eigenvalue weighted by molar-refractivity contribution is 0.0943. The maximum absolute atomic E-state index is 11.7. The summed E-state index contributed by atoms with van der Waals surface area (Å²) in [6.07, 6.45) is 3.84. The average molecular weight is 255 g/mol. The zero-order chi connectivity index (χ0) is 13.4. The molecule has 1 aromatic rings. The van der Waals surface area contributed by atoms with Gasteiger partial charge in [-0.15, -0.1) is 0 Å². The maximum atomic E-state index is 11.7. The van der Waals surface area contributed by atoms with Gasteiger partial charge in [-0.2, -0.15) is 0 Å². The van der Waals surface area contributed by atoms with E-state index in [4.69, 9.17) is 14.9 Å². The highest BCUT2D eigenvalue weighted by atomic mass is 16.5. The van der Waals surface area contributed by atoms with Crippen LogP contribution in [-0.2, 0) is 4.74 Å². The Morgan fingerprint density at radius 3 is 3.11 bits per heavy atom. The fourth-order valence-corrected chi connectivity index (χ4v) is 1.51. The molecule has 1 rings (SSSR count). The van der Waals surface area contributed by atoms with Crippen LogP contribution in [0.3, 0.4) is 0 Å². The van der Waals surface area contributed by atoms with Gasteiger partial charge in [0.05, 0.1) is 6.04 Å². The molecule has 18 heavy (non-hydrogen) atoms. The van der Waals surface area contributed by atoms with Crippen LogP contribution in [0.25, 0.3) is 0 Å². The van der Waals surface area contributed by atoms with Crippen molar-refractivity contribution < 1.29 is 13.9 Å². The van der Waals surface area contributed by atoms with E-state index in [2.05, 4.69) is 10.3 Å². The lowest BCUT2D eigenvalue weighted by atomic mass is 10.2. The first-order valence-corrected chi connectivity index (χ1v) is 6.17. The smallest absolute Gasteiger partial charge is 0.273 e. The van der Waals surface area contributed by atoms with Crippen LogP contribution in [0.4, 0.5) is 0 Å². The number of amides is 1. The number of ether oxygens (including phenoxy) is 1. The normalized spacial score (nSPS) is 12.4. The van der Waals surface area contributed by atoms with Gasteiger partial charge in [-0.05, 0) is 12.8 Å². The predicted octanol–water partition coefficient (Wildman–Crippen LogP) is 1.24. The molecule has 1 heterocycles. The third-order valence-corrected chi connectivity index (χ3v) is 2.48. The summed E-state index contributed by atoms with van der Waals surface area (Å²) < 4.78 is 10.1. The van der Waals surface area contributed by atoms with Gasteiger partial charge in [-0.3, -0.25) is 4.79 Å². The third kappa shape index (κ3) is 4.46. The van der Waals surface area contributed by atoms with Gasteiger partial charge in [0.25, 0.3) is 5.91 Å². The molecule has 0 radical (unpaired) electrons. The monoisotopic (exact) mass is 255 g/mol. The third-order valence-electron chi connectivity index (χ3n) is 2.48. The van der Waals surface area contributed by atoms with E-state index in [0.717, 1.165) is 19.3 Å². The zero-order valence-corrected chi connectivity index (χ0v) is 10.9. The van der Waals surface area contributed by atoms with E-state index in [1.807, 2.05) is 6.92 Å². The summed E-state index contributed by atoms with van der Waals surface area (Å²) in [5.41, 5.74) is 6.13. The Labute approximate surface area is 107 Å². The second-order valence-corrected chi connectivity index (χ2v) is 4.07. The first-order chi connectivity index (χ1) is 8.69. The number of methoxy groups -OCH3 is 1. The van der Waals surface area contributed by atoms with Gasteiger partial charge in [-0.1, -0.05) is 13.3 Å². The van der Waals surface area contributed by atoms with Crippen LogP contribution in [-0.4, -0.2) is 31.2 Å². The van der Waals surface area contributed by atoms with Crippen molar-refractivity contribution in [3.63, 3.8) is 0 Å². The summed E-state index contributed by atoms with van der Waals surface area (Å²) in [6, 6.07) is -0.245. The van der Waals surface area contributed by atoms with E-state index in [1.54, 1.807) is 7.11 Å². The van der Waals surface area contributed by atoms with Crippen molar-refractivity contribution in [3.8, 4) is 0 Å². The molecule has 0 aliphatic carbocycles. The minimum atomic E-state index is -0.246. The lowest BCUT2D eigenvalue weighted by Crippen LogP contribution is -2.25. The van der Waals surface area contributed by atoms with E-state index in [0.29, 0.717) is 19.0 Å². The number of nitrogens with zero attached hydrogens (tertiary/aromatic N) is 1. The molecule has 0 spiro atoms.